The van der Waals surface area contributed by atoms with Crippen molar-refractivity contribution in [3.05, 3.63) is 0 Å². The molecule has 2 amide bonds. The average Bonchev–Trinajstić information content (AvgIpc) is 2.72. The van der Waals surface area contributed by atoms with Gasteiger partial charge >= 0.3 is 12.2 Å². The van der Waals surface area contributed by atoms with Crippen molar-refractivity contribution in [3.8, 4) is 0 Å². The smallest absolute Gasteiger partial charge is 0.380 e. The summed E-state index contributed by atoms with van der Waals surface area (Å²) in [5.74, 6) is 0. The summed E-state index contributed by atoms with van der Waals surface area (Å²) in [7, 11) is 0. The first-order valence-corrected chi connectivity index (χ1v) is 8.06. The van der Waals surface area contributed by atoms with E-state index in [4.69, 9.17) is 4.74 Å². The van der Waals surface area contributed by atoms with Gasteiger partial charge in [-0.2, -0.15) is 13.2 Å². The van der Waals surface area contributed by atoms with Crippen molar-refractivity contribution < 1.29 is 22.7 Å². The zero-order valence-corrected chi connectivity index (χ0v) is 13.2. The van der Waals surface area contributed by atoms with Crippen LogP contribution >= 0.6 is 0 Å². The summed E-state index contributed by atoms with van der Waals surface area (Å²) in [5, 5.41) is 5.51. The SMILES string of the molecule is O=C(NCCN1CCCOCC1)N[C@H]1CCN(CC(F)(F)F)C1. The van der Waals surface area contributed by atoms with Gasteiger partial charge in [0.05, 0.1) is 13.2 Å². The molecule has 0 saturated carbocycles. The van der Waals surface area contributed by atoms with Crippen molar-refractivity contribution in [1.29, 1.82) is 0 Å². The number of hydrogen-bond donors (Lipinski definition) is 2. The van der Waals surface area contributed by atoms with Gasteiger partial charge in [-0.3, -0.25) is 9.80 Å². The van der Waals surface area contributed by atoms with Gasteiger partial charge in [0.15, 0.2) is 0 Å². The lowest BCUT2D eigenvalue weighted by atomic mass is 10.3. The zero-order chi connectivity index (χ0) is 16.7. The molecule has 0 aromatic carbocycles. The molecule has 0 bridgehead atoms. The fourth-order valence-corrected chi connectivity index (χ4v) is 2.93. The molecule has 2 rings (SSSR count). The molecule has 134 valence electrons. The number of likely N-dealkylation sites (tertiary alicyclic amines) is 1. The molecule has 2 fully saturated rings. The molecule has 2 heterocycles. The first kappa shape index (κ1) is 18.3. The molecule has 6 nitrogen and oxygen atoms in total. The molecule has 0 aromatic heterocycles. The number of carbonyl (C=O) groups excluding carboxylic acids is 1. The van der Waals surface area contributed by atoms with Crippen LogP contribution in [0.15, 0.2) is 0 Å². The van der Waals surface area contributed by atoms with Gasteiger partial charge in [-0.15, -0.1) is 0 Å². The van der Waals surface area contributed by atoms with E-state index in [0.717, 1.165) is 32.7 Å². The largest absolute Gasteiger partial charge is 0.401 e. The van der Waals surface area contributed by atoms with Crippen LogP contribution in [0.2, 0.25) is 0 Å². The van der Waals surface area contributed by atoms with Crippen LogP contribution in [0, 0.1) is 0 Å². The number of hydrogen-bond acceptors (Lipinski definition) is 4. The number of halogens is 3. The second-order valence-corrected chi connectivity index (χ2v) is 6.04. The summed E-state index contributed by atoms with van der Waals surface area (Å²) in [6, 6.07) is -0.529. The van der Waals surface area contributed by atoms with Gasteiger partial charge in [-0.1, -0.05) is 0 Å². The van der Waals surface area contributed by atoms with Crippen LogP contribution in [0.5, 0.6) is 0 Å². The second-order valence-electron chi connectivity index (χ2n) is 6.04. The molecule has 2 aliphatic rings. The Hall–Kier alpha value is -1.06. The molecule has 23 heavy (non-hydrogen) atoms. The Morgan fingerprint density at radius 1 is 1.17 bits per heavy atom. The Kier molecular flexibility index (Phi) is 6.91. The molecular weight excluding hydrogens is 313 g/mol. The van der Waals surface area contributed by atoms with E-state index in [0.29, 0.717) is 26.1 Å². The predicted octanol–water partition coefficient (Wildman–Crippen LogP) is 0.644. The standard InChI is InChI=1S/C14H25F3N4O2/c15-14(16,17)11-21-5-2-12(10-21)19-13(22)18-3-6-20-4-1-8-23-9-7-20/h12H,1-11H2,(H2,18,19,22)/t12-/m0/s1. The predicted molar refractivity (Wildman–Crippen MR) is 79.3 cm³/mol. The van der Waals surface area contributed by atoms with Gasteiger partial charge in [-0.05, 0) is 12.8 Å². The van der Waals surface area contributed by atoms with Gasteiger partial charge in [0.1, 0.15) is 0 Å². The summed E-state index contributed by atoms with van der Waals surface area (Å²) in [4.78, 5) is 15.3. The lowest BCUT2D eigenvalue weighted by molar-refractivity contribution is -0.143. The highest BCUT2D eigenvalue weighted by molar-refractivity contribution is 5.74. The van der Waals surface area contributed by atoms with Crippen molar-refractivity contribution in [2.75, 3.05) is 59.0 Å². The van der Waals surface area contributed by atoms with E-state index >= 15 is 0 Å². The summed E-state index contributed by atoms with van der Waals surface area (Å²) < 4.78 is 42.3. The molecule has 1 atom stereocenters. The van der Waals surface area contributed by atoms with E-state index in [9.17, 15) is 18.0 Å². The van der Waals surface area contributed by atoms with Crippen LogP contribution in [-0.4, -0.2) is 87.1 Å². The number of rotatable bonds is 5. The topological polar surface area (TPSA) is 56.8 Å². The summed E-state index contributed by atoms with van der Waals surface area (Å²) in [5.41, 5.74) is 0. The maximum absolute atomic E-state index is 12.3. The van der Waals surface area contributed by atoms with Gasteiger partial charge < -0.3 is 15.4 Å². The van der Waals surface area contributed by atoms with E-state index in [-0.39, 0.29) is 18.6 Å². The molecule has 0 radical (unpaired) electrons. The van der Waals surface area contributed by atoms with Crippen LogP contribution < -0.4 is 10.6 Å². The zero-order valence-electron chi connectivity index (χ0n) is 13.2. The van der Waals surface area contributed by atoms with Crippen molar-refractivity contribution in [2.24, 2.45) is 0 Å². The lowest BCUT2D eigenvalue weighted by Gasteiger charge is -2.20. The Morgan fingerprint density at radius 2 is 2.00 bits per heavy atom. The molecule has 0 unspecified atom stereocenters. The summed E-state index contributed by atoms with van der Waals surface area (Å²) in [6.07, 6.45) is -2.65. The third kappa shape index (κ3) is 7.36. The Labute approximate surface area is 134 Å². The van der Waals surface area contributed by atoms with Crippen LogP contribution in [-0.2, 0) is 4.74 Å². The summed E-state index contributed by atoms with van der Waals surface area (Å²) in [6.45, 7) is 4.27. The quantitative estimate of drug-likeness (QED) is 0.773. The maximum atomic E-state index is 12.3. The number of alkyl halides is 3. The molecule has 2 saturated heterocycles. The molecule has 2 aliphatic heterocycles. The number of ether oxygens (including phenoxy) is 1. The molecule has 0 aliphatic carbocycles. The number of carbonyl (C=O) groups is 1. The number of amides is 2. The normalized spacial score (nSPS) is 24.4. The monoisotopic (exact) mass is 338 g/mol. The van der Waals surface area contributed by atoms with Crippen LogP contribution in [0.1, 0.15) is 12.8 Å². The van der Waals surface area contributed by atoms with Crippen molar-refractivity contribution >= 4 is 6.03 Å². The maximum Gasteiger partial charge on any atom is 0.401 e. The Balaban J connectivity index is 1.58. The molecular formula is C14H25F3N4O2. The minimum atomic E-state index is -4.19. The van der Waals surface area contributed by atoms with Crippen molar-refractivity contribution in [1.82, 2.24) is 20.4 Å². The third-order valence-electron chi connectivity index (χ3n) is 4.04. The number of urea groups is 1. The first-order chi connectivity index (χ1) is 10.9. The molecule has 0 spiro atoms. The highest BCUT2D eigenvalue weighted by Gasteiger charge is 2.34. The molecule has 9 heteroatoms. The van der Waals surface area contributed by atoms with Crippen molar-refractivity contribution in [3.63, 3.8) is 0 Å². The fourth-order valence-electron chi connectivity index (χ4n) is 2.93. The van der Waals surface area contributed by atoms with E-state index in [1.54, 1.807) is 0 Å². The van der Waals surface area contributed by atoms with E-state index in [1.807, 2.05) is 0 Å². The number of nitrogens with one attached hydrogen (secondary N) is 2. The molecule has 0 aromatic rings. The first-order valence-electron chi connectivity index (χ1n) is 8.06. The van der Waals surface area contributed by atoms with E-state index < -0.39 is 12.7 Å². The Morgan fingerprint density at radius 3 is 2.78 bits per heavy atom. The van der Waals surface area contributed by atoms with Crippen molar-refractivity contribution in [2.45, 2.75) is 25.1 Å². The molecule has 2 N–H and O–H groups in total. The van der Waals surface area contributed by atoms with Gasteiger partial charge in [0.25, 0.3) is 0 Å². The third-order valence-corrected chi connectivity index (χ3v) is 4.04. The van der Waals surface area contributed by atoms with Crippen LogP contribution in [0.25, 0.3) is 0 Å². The highest BCUT2D eigenvalue weighted by Crippen LogP contribution is 2.19. The minimum Gasteiger partial charge on any atom is -0.380 e. The minimum absolute atomic E-state index is 0.219. The van der Waals surface area contributed by atoms with Gasteiger partial charge in [-0.25, -0.2) is 4.79 Å². The Bertz CT molecular complexity index is 374. The second kappa shape index (κ2) is 8.70. The van der Waals surface area contributed by atoms with Gasteiger partial charge in [0.2, 0.25) is 0 Å². The lowest BCUT2D eigenvalue weighted by Crippen LogP contribution is -2.46. The summed E-state index contributed by atoms with van der Waals surface area (Å²) >= 11 is 0. The fraction of sp³-hybridized carbons (Fsp3) is 0.929. The average molecular weight is 338 g/mol. The van der Waals surface area contributed by atoms with Crippen LogP contribution in [0.4, 0.5) is 18.0 Å². The van der Waals surface area contributed by atoms with Crippen LogP contribution in [0.3, 0.4) is 0 Å². The number of nitrogens with zero attached hydrogens (tertiary/aromatic N) is 2. The van der Waals surface area contributed by atoms with E-state index in [2.05, 4.69) is 15.5 Å². The van der Waals surface area contributed by atoms with E-state index in [1.165, 1.54) is 4.90 Å². The highest BCUT2D eigenvalue weighted by atomic mass is 19.4. The van der Waals surface area contributed by atoms with Gasteiger partial charge in [0, 0.05) is 51.9 Å².